The predicted octanol–water partition coefficient (Wildman–Crippen LogP) is 2.38. The van der Waals surface area contributed by atoms with E-state index in [9.17, 15) is 14.4 Å². The molecule has 1 fully saturated rings. The first-order valence-corrected chi connectivity index (χ1v) is 8.67. The Bertz CT molecular complexity index is 683. The smallest absolute Gasteiger partial charge is 0.319 e. The first kappa shape index (κ1) is 17.4. The zero-order valence-corrected chi connectivity index (χ0v) is 14.3. The third-order valence-electron chi connectivity index (χ3n) is 4.65. The fourth-order valence-electron chi connectivity index (χ4n) is 3.36. The lowest BCUT2D eigenvalue weighted by Crippen LogP contribution is -2.36. The molecule has 1 saturated carbocycles. The molecule has 4 amide bonds. The van der Waals surface area contributed by atoms with Crippen LogP contribution in [0.1, 0.15) is 52.8 Å². The van der Waals surface area contributed by atoms with Crippen LogP contribution < -0.4 is 10.6 Å². The maximum absolute atomic E-state index is 12.5. The molecule has 7 nitrogen and oxygen atoms in total. The van der Waals surface area contributed by atoms with Crippen LogP contribution in [0.15, 0.2) is 18.2 Å². The van der Waals surface area contributed by atoms with Crippen molar-refractivity contribution in [1.82, 2.24) is 10.2 Å². The molecule has 7 heteroatoms. The molecule has 3 rings (SSSR count). The number of amides is 4. The van der Waals surface area contributed by atoms with E-state index in [-0.39, 0.29) is 23.9 Å². The number of hydrogen-bond donors (Lipinski definition) is 2. The second kappa shape index (κ2) is 7.65. The lowest BCUT2D eigenvalue weighted by Gasteiger charge is -2.13. The molecule has 0 aromatic heterocycles. The average Bonchev–Trinajstić information content (AvgIpc) is 3.17. The second-order valence-electron chi connectivity index (χ2n) is 6.45. The standard InChI is InChI=1S/C18H23N3O4/c1-25-10-4-9-21-16(22)14-8-7-13(11-15(14)17(21)23)20-18(24)19-12-5-2-3-6-12/h7-8,11-12H,2-6,9-10H2,1H3,(H2,19,20,24). The predicted molar refractivity (Wildman–Crippen MR) is 92.7 cm³/mol. The summed E-state index contributed by atoms with van der Waals surface area (Å²) in [5, 5.41) is 5.68. The van der Waals surface area contributed by atoms with Gasteiger partial charge in [-0.2, -0.15) is 0 Å². The number of imide groups is 1. The summed E-state index contributed by atoms with van der Waals surface area (Å²) < 4.78 is 4.96. The molecule has 0 spiro atoms. The van der Waals surface area contributed by atoms with Crippen molar-refractivity contribution in [1.29, 1.82) is 0 Å². The number of nitrogens with zero attached hydrogens (tertiary/aromatic N) is 1. The fourth-order valence-corrected chi connectivity index (χ4v) is 3.36. The van der Waals surface area contributed by atoms with E-state index in [1.165, 1.54) is 4.90 Å². The lowest BCUT2D eigenvalue weighted by atomic mass is 10.1. The maximum Gasteiger partial charge on any atom is 0.319 e. The highest BCUT2D eigenvalue weighted by molar-refractivity contribution is 6.21. The van der Waals surface area contributed by atoms with Crippen LogP contribution in [0.25, 0.3) is 0 Å². The largest absolute Gasteiger partial charge is 0.385 e. The maximum atomic E-state index is 12.5. The van der Waals surface area contributed by atoms with E-state index in [0.717, 1.165) is 25.7 Å². The number of nitrogens with one attached hydrogen (secondary N) is 2. The minimum atomic E-state index is -0.323. The summed E-state index contributed by atoms with van der Waals surface area (Å²) >= 11 is 0. The Morgan fingerprint density at radius 2 is 1.92 bits per heavy atom. The number of urea groups is 1. The van der Waals surface area contributed by atoms with Gasteiger partial charge in [0.2, 0.25) is 0 Å². The summed E-state index contributed by atoms with van der Waals surface area (Å²) in [4.78, 5) is 38.1. The number of methoxy groups -OCH3 is 1. The molecule has 1 aromatic carbocycles. The lowest BCUT2D eigenvalue weighted by molar-refractivity contribution is 0.0638. The quantitative estimate of drug-likeness (QED) is 0.612. The van der Waals surface area contributed by atoms with Crippen molar-refractivity contribution < 1.29 is 19.1 Å². The summed E-state index contributed by atoms with van der Waals surface area (Å²) in [6.45, 7) is 0.812. The Labute approximate surface area is 146 Å². The molecule has 2 aliphatic rings. The molecule has 1 aliphatic carbocycles. The summed E-state index contributed by atoms with van der Waals surface area (Å²) in [6, 6.07) is 4.75. The highest BCUT2D eigenvalue weighted by Gasteiger charge is 2.35. The van der Waals surface area contributed by atoms with Gasteiger partial charge in [-0.05, 0) is 37.5 Å². The molecule has 1 aromatic rings. The molecule has 0 unspecified atom stereocenters. The third kappa shape index (κ3) is 3.82. The van der Waals surface area contributed by atoms with Crippen molar-refractivity contribution >= 4 is 23.5 Å². The van der Waals surface area contributed by atoms with Crippen molar-refractivity contribution in [3.8, 4) is 0 Å². The van der Waals surface area contributed by atoms with Crippen LogP contribution in [0.3, 0.4) is 0 Å². The second-order valence-corrected chi connectivity index (χ2v) is 6.45. The highest BCUT2D eigenvalue weighted by atomic mass is 16.5. The van der Waals surface area contributed by atoms with Crippen molar-refractivity contribution in [3.63, 3.8) is 0 Å². The number of rotatable bonds is 6. The topological polar surface area (TPSA) is 87.7 Å². The molecule has 0 saturated heterocycles. The number of carbonyl (C=O) groups excluding carboxylic acids is 3. The normalized spacial score (nSPS) is 17.1. The van der Waals surface area contributed by atoms with Gasteiger partial charge >= 0.3 is 6.03 Å². The van der Waals surface area contributed by atoms with E-state index in [4.69, 9.17) is 4.74 Å². The van der Waals surface area contributed by atoms with E-state index in [1.807, 2.05) is 0 Å². The van der Waals surface area contributed by atoms with Crippen LogP contribution in [-0.4, -0.2) is 49.0 Å². The van der Waals surface area contributed by atoms with E-state index >= 15 is 0 Å². The van der Waals surface area contributed by atoms with Gasteiger partial charge in [-0.3, -0.25) is 14.5 Å². The Morgan fingerprint density at radius 1 is 1.20 bits per heavy atom. The minimum Gasteiger partial charge on any atom is -0.385 e. The van der Waals surface area contributed by atoms with Crippen LogP contribution in [0.2, 0.25) is 0 Å². The third-order valence-corrected chi connectivity index (χ3v) is 4.65. The average molecular weight is 345 g/mol. The molecule has 0 bridgehead atoms. The van der Waals surface area contributed by atoms with Gasteiger partial charge in [-0.1, -0.05) is 12.8 Å². The van der Waals surface area contributed by atoms with Crippen molar-refractivity contribution in [2.75, 3.05) is 25.6 Å². The van der Waals surface area contributed by atoms with E-state index in [1.54, 1.807) is 25.3 Å². The number of anilines is 1. The SMILES string of the molecule is COCCCN1C(=O)c2ccc(NC(=O)NC3CCCC3)cc2C1=O. The Morgan fingerprint density at radius 3 is 2.64 bits per heavy atom. The van der Waals surface area contributed by atoms with Gasteiger partial charge in [-0.15, -0.1) is 0 Å². The zero-order valence-electron chi connectivity index (χ0n) is 14.3. The van der Waals surface area contributed by atoms with Gasteiger partial charge in [0.25, 0.3) is 11.8 Å². The molecule has 0 radical (unpaired) electrons. The molecule has 2 N–H and O–H groups in total. The Balaban J connectivity index is 1.65. The van der Waals surface area contributed by atoms with E-state index in [2.05, 4.69) is 10.6 Å². The molecular formula is C18H23N3O4. The molecule has 1 aliphatic heterocycles. The summed E-state index contributed by atoms with van der Waals surface area (Å²) in [7, 11) is 1.58. The van der Waals surface area contributed by atoms with Crippen LogP contribution in [0.5, 0.6) is 0 Å². The van der Waals surface area contributed by atoms with Crippen molar-refractivity contribution in [2.24, 2.45) is 0 Å². The summed E-state index contributed by atoms with van der Waals surface area (Å²) in [6.07, 6.45) is 4.87. The molecular weight excluding hydrogens is 322 g/mol. The van der Waals surface area contributed by atoms with Crippen molar-refractivity contribution in [2.45, 2.75) is 38.1 Å². The van der Waals surface area contributed by atoms with Crippen molar-refractivity contribution in [3.05, 3.63) is 29.3 Å². The Kier molecular flexibility index (Phi) is 5.33. The van der Waals surface area contributed by atoms with E-state index < -0.39 is 0 Å². The zero-order chi connectivity index (χ0) is 17.8. The van der Waals surface area contributed by atoms with E-state index in [0.29, 0.717) is 36.4 Å². The fraction of sp³-hybridized carbons (Fsp3) is 0.500. The number of benzene rings is 1. The van der Waals surface area contributed by atoms with Crippen LogP contribution in [-0.2, 0) is 4.74 Å². The summed E-state index contributed by atoms with van der Waals surface area (Å²) in [5.74, 6) is -0.617. The number of fused-ring (bicyclic) bond motifs is 1. The van der Waals surface area contributed by atoms with Gasteiger partial charge < -0.3 is 15.4 Å². The molecule has 25 heavy (non-hydrogen) atoms. The molecule has 1 heterocycles. The molecule has 0 atom stereocenters. The number of hydrogen-bond acceptors (Lipinski definition) is 4. The van der Waals surface area contributed by atoms with Crippen LogP contribution in [0.4, 0.5) is 10.5 Å². The van der Waals surface area contributed by atoms with Gasteiger partial charge in [0, 0.05) is 32.0 Å². The molecule has 134 valence electrons. The van der Waals surface area contributed by atoms with Gasteiger partial charge in [0.05, 0.1) is 11.1 Å². The number of ether oxygens (including phenoxy) is 1. The minimum absolute atomic E-state index is 0.217. The highest BCUT2D eigenvalue weighted by Crippen LogP contribution is 2.26. The first-order chi connectivity index (χ1) is 12.1. The van der Waals surface area contributed by atoms with Crippen LogP contribution >= 0.6 is 0 Å². The summed E-state index contributed by atoms with van der Waals surface area (Å²) in [5.41, 5.74) is 1.22. The number of carbonyl (C=O) groups is 3. The monoisotopic (exact) mass is 345 g/mol. The van der Waals surface area contributed by atoms with Gasteiger partial charge in [0.15, 0.2) is 0 Å². The first-order valence-electron chi connectivity index (χ1n) is 8.67. The van der Waals surface area contributed by atoms with Crippen LogP contribution in [0, 0.1) is 0 Å². The van der Waals surface area contributed by atoms with Gasteiger partial charge in [-0.25, -0.2) is 4.79 Å². The Hall–Kier alpha value is -2.41. The van der Waals surface area contributed by atoms with Gasteiger partial charge in [0.1, 0.15) is 0 Å².